The Morgan fingerprint density at radius 1 is 1.24 bits per heavy atom. The summed E-state index contributed by atoms with van der Waals surface area (Å²) in [6, 6.07) is 9.24. The minimum Gasteiger partial charge on any atom is -0.465 e. The second-order valence-corrected chi connectivity index (χ2v) is 6.23. The standard InChI is InChI=1S/C17H18N4O3S/c1-3-20-10-9-12(19-20)16(23)18-17-21(11-15(22)24-4-2)13-7-5-6-8-14(13)25-17/h5-10H,3-4,11H2,1-2H3. The SMILES string of the molecule is CCOC(=O)Cn1c(=NC(=O)c2ccn(CC)n2)sc2ccccc21. The molecule has 0 saturated carbocycles. The second-order valence-electron chi connectivity index (χ2n) is 5.22. The molecule has 130 valence electrons. The summed E-state index contributed by atoms with van der Waals surface area (Å²) in [4.78, 5) is 29.0. The summed E-state index contributed by atoms with van der Waals surface area (Å²) in [5, 5.41) is 4.18. The molecule has 7 nitrogen and oxygen atoms in total. The molecule has 0 unspecified atom stereocenters. The van der Waals surface area contributed by atoms with E-state index in [1.54, 1.807) is 28.4 Å². The van der Waals surface area contributed by atoms with Crippen LogP contribution in [0.3, 0.4) is 0 Å². The molecule has 0 aliphatic carbocycles. The minimum atomic E-state index is -0.434. The number of aromatic nitrogens is 3. The topological polar surface area (TPSA) is 78.5 Å². The average molecular weight is 358 g/mol. The van der Waals surface area contributed by atoms with Gasteiger partial charge in [-0.25, -0.2) is 0 Å². The number of para-hydroxylation sites is 1. The molecule has 0 aliphatic heterocycles. The predicted molar refractivity (Wildman–Crippen MR) is 94.2 cm³/mol. The largest absolute Gasteiger partial charge is 0.465 e. The van der Waals surface area contributed by atoms with E-state index in [0.717, 1.165) is 10.2 Å². The summed E-state index contributed by atoms with van der Waals surface area (Å²) in [5.41, 5.74) is 1.12. The van der Waals surface area contributed by atoms with Crippen LogP contribution in [0.5, 0.6) is 0 Å². The molecule has 25 heavy (non-hydrogen) atoms. The first-order chi connectivity index (χ1) is 12.1. The number of thiazole rings is 1. The summed E-state index contributed by atoms with van der Waals surface area (Å²) >= 11 is 1.35. The van der Waals surface area contributed by atoms with Crippen molar-refractivity contribution in [2.75, 3.05) is 6.61 Å². The first kappa shape index (κ1) is 17.1. The van der Waals surface area contributed by atoms with Gasteiger partial charge in [0.25, 0.3) is 5.91 Å². The van der Waals surface area contributed by atoms with Crippen LogP contribution in [0.1, 0.15) is 24.3 Å². The number of nitrogens with zero attached hydrogens (tertiary/aromatic N) is 4. The molecule has 1 aromatic carbocycles. The van der Waals surface area contributed by atoms with Crippen molar-refractivity contribution in [3.05, 3.63) is 47.0 Å². The summed E-state index contributed by atoms with van der Waals surface area (Å²) in [6.07, 6.45) is 1.74. The Labute approximate surface area is 148 Å². The van der Waals surface area contributed by atoms with Gasteiger partial charge in [-0.05, 0) is 32.0 Å². The number of hydrogen-bond acceptors (Lipinski definition) is 5. The summed E-state index contributed by atoms with van der Waals surface area (Å²) in [5.74, 6) is -0.799. The third-order valence-electron chi connectivity index (χ3n) is 3.56. The molecule has 0 atom stereocenters. The molecular formula is C17H18N4O3S. The van der Waals surface area contributed by atoms with Crippen molar-refractivity contribution in [3.8, 4) is 0 Å². The predicted octanol–water partition coefficient (Wildman–Crippen LogP) is 2.22. The number of ether oxygens (including phenoxy) is 1. The summed E-state index contributed by atoms with van der Waals surface area (Å²) in [7, 11) is 0. The third kappa shape index (κ3) is 3.69. The first-order valence-corrected chi connectivity index (χ1v) is 8.80. The van der Waals surface area contributed by atoms with Gasteiger partial charge in [0.15, 0.2) is 10.5 Å². The van der Waals surface area contributed by atoms with Gasteiger partial charge in [0.1, 0.15) is 6.54 Å². The lowest BCUT2D eigenvalue weighted by molar-refractivity contribution is -0.143. The van der Waals surface area contributed by atoms with Gasteiger partial charge >= 0.3 is 5.97 Å². The van der Waals surface area contributed by atoms with Crippen molar-refractivity contribution in [2.45, 2.75) is 26.9 Å². The fraction of sp³-hybridized carbons (Fsp3) is 0.294. The molecule has 2 aromatic heterocycles. The molecule has 0 aliphatic rings. The van der Waals surface area contributed by atoms with E-state index in [4.69, 9.17) is 4.74 Å². The van der Waals surface area contributed by atoms with E-state index in [-0.39, 0.29) is 18.2 Å². The Morgan fingerprint density at radius 2 is 2.04 bits per heavy atom. The van der Waals surface area contributed by atoms with Crippen LogP contribution in [0.15, 0.2) is 41.5 Å². The zero-order valence-electron chi connectivity index (χ0n) is 14.0. The Balaban J connectivity index is 2.04. The summed E-state index contributed by atoms with van der Waals surface area (Å²) in [6.45, 7) is 4.69. The van der Waals surface area contributed by atoms with Gasteiger partial charge in [-0.3, -0.25) is 14.3 Å². The van der Waals surface area contributed by atoms with Gasteiger partial charge in [-0.15, -0.1) is 0 Å². The molecule has 0 fully saturated rings. The van der Waals surface area contributed by atoms with E-state index < -0.39 is 5.91 Å². The van der Waals surface area contributed by atoms with Crippen molar-refractivity contribution in [1.82, 2.24) is 14.3 Å². The maximum atomic E-state index is 12.4. The van der Waals surface area contributed by atoms with Gasteiger partial charge in [0.2, 0.25) is 0 Å². The molecule has 0 spiro atoms. The number of esters is 1. The van der Waals surface area contributed by atoms with Crippen LogP contribution in [0.25, 0.3) is 10.2 Å². The Bertz CT molecular complexity index is 983. The molecule has 3 aromatic rings. The van der Waals surface area contributed by atoms with Gasteiger partial charge in [0.05, 0.1) is 16.8 Å². The molecular weight excluding hydrogens is 340 g/mol. The third-order valence-corrected chi connectivity index (χ3v) is 4.62. The lowest BCUT2D eigenvalue weighted by Gasteiger charge is -2.04. The van der Waals surface area contributed by atoms with Gasteiger partial charge in [0, 0.05) is 12.7 Å². The monoisotopic (exact) mass is 358 g/mol. The molecule has 0 N–H and O–H groups in total. The highest BCUT2D eigenvalue weighted by Gasteiger charge is 2.13. The number of fused-ring (bicyclic) bond motifs is 1. The second kappa shape index (κ2) is 7.43. The molecule has 0 bridgehead atoms. The number of amides is 1. The van der Waals surface area contributed by atoms with Crippen LogP contribution in [0, 0.1) is 0 Å². The van der Waals surface area contributed by atoms with E-state index in [1.165, 1.54) is 11.3 Å². The van der Waals surface area contributed by atoms with Crippen molar-refractivity contribution in [2.24, 2.45) is 4.99 Å². The molecule has 3 rings (SSSR count). The van der Waals surface area contributed by atoms with Crippen LogP contribution >= 0.6 is 11.3 Å². The fourth-order valence-electron chi connectivity index (χ4n) is 2.39. The van der Waals surface area contributed by atoms with Crippen LogP contribution < -0.4 is 4.80 Å². The van der Waals surface area contributed by atoms with E-state index in [1.807, 2.05) is 31.2 Å². The number of carbonyl (C=O) groups excluding carboxylic acids is 2. The Hall–Kier alpha value is -2.74. The lowest BCUT2D eigenvalue weighted by Crippen LogP contribution is -2.23. The maximum absolute atomic E-state index is 12.4. The number of aryl methyl sites for hydroxylation is 1. The van der Waals surface area contributed by atoms with Gasteiger partial charge < -0.3 is 9.30 Å². The van der Waals surface area contributed by atoms with Crippen LogP contribution in [-0.2, 0) is 22.6 Å². The zero-order valence-corrected chi connectivity index (χ0v) is 14.8. The van der Waals surface area contributed by atoms with Crippen LogP contribution in [-0.4, -0.2) is 32.8 Å². The van der Waals surface area contributed by atoms with E-state index in [9.17, 15) is 9.59 Å². The normalized spacial score (nSPS) is 11.8. The van der Waals surface area contributed by atoms with Crippen molar-refractivity contribution >= 4 is 33.4 Å². The highest BCUT2D eigenvalue weighted by atomic mass is 32.1. The Kier molecular flexibility index (Phi) is 5.08. The van der Waals surface area contributed by atoms with E-state index in [0.29, 0.717) is 18.0 Å². The maximum Gasteiger partial charge on any atom is 0.326 e. The first-order valence-electron chi connectivity index (χ1n) is 7.99. The van der Waals surface area contributed by atoms with Crippen molar-refractivity contribution in [1.29, 1.82) is 0 Å². The van der Waals surface area contributed by atoms with E-state index >= 15 is 0 Å². The smallest absolute Gasteiger partial charge is 0.326 e. The number of rotatable bonds is 5. The number of benzene rings is 1. The molecule has 2 heterocycles. The minimum absolute atomic E-state index is 0.00731. The zero-order chi connectivity index (χ0) is 17.8. The molecule has 1 amide bonds. The Morgan fingerprint density at radius 3 is 2.76 bits per heavy atom. The van der Waals surface area contributed by atoms with Gasteiger partial charge in [-0.2, -0.15) is 10.1 Å². The van der Waals surface area contributed by atoms with Crippen LogP contribution in [0.4, 0.5) is 0 Å². The van der Waals surface area contributed by atoms with Crippen molar-refractivity contribution in [3.63, 3.8) is 0 Å². The highest BCUT2D eigenvalue weighted by Crippen LogP contribution is 2.17. The van der Waals surface area contributed by atoms with Crippen LogP contribution in [0.2, 0.25) is 0 Å². The molecule has 0 radical (unpaired) electrons. The lowest BCUT2D eigenvalue weighted by atomic mass is 10.3. The summed E-state index contributed by atoms with van der Waals surface area (Å²) < 4.78 is 9.34. The fourth-order valence-corrected chi connectivity index (χ4v) is 3.42. The van der Waals surface area contributed by atoms with E-state index in [2.05, 4.69) is 10.1 Å². The number of hydrogen-bond donors (Lipinski definition) is 0. The molecule has 8 heteroatoms. The molecule has 0 saturated heterocycles. The van der Waals surface area contributed by atoms with Crippen molar-refractivity contribution < 1.29 is 14.3 Å². The highest BCUT2D eigenvalue weighted by molar-refractivity contribution is 7.16. The van der Waals surface area contributed by atoms with Gasteiger partial charge in [-0.1, -0.05) is 23.5 Å². The average Bonchev–Trinajstić information content (AvgIpc) is 3.21. The quantitative estimate of drug-likeness (QED) is 0.655. The number of carbonyl (C=O) groups is 2.